The smallest absolute Gasteiger partial charge is 0.227 e. The molecule has 0 atom stereocenters. The lowest BCUT2D eigenvalue weighted by atomic mass is 10.3. The van der Waals surface area contributed by atoms with Gasteiger partial charge < -0.3 is 10.2 Å². The maximum Gasteiger partial charge on any atom is 0.227 e. The average molecular weight is 215 g/mol. The zero-order valence-electron chi connectivity index (χ0n) is 8.93. The minimum absolute atomic E-state index is 0.769. The van der Waals surface area contributed by atoms with Gasteiger partial charge in [-0.15, -0.1) is 0 Å². The summed E-state index contributed by atoms with van der Waals surface area (Å²) >= 11 is 0. The van der Waals surface area contributed by atoms with Crippen molar-refractivity contribution in [3.63, 3.8) is 0 Å². The van der Waals surface area contributed by atoms with Crippen LogP contribution >= 0.6 is 0 Å². The van der Waals surface area contributed by atoms with E-state index in [1.165, 1.54) is 0 Å². The summed E-state index contributed by atoms with van der Waals surface area (Å²) in [7, 11) is 0. The normalized spacial score (nSPS) is 16.6. The Kier molecular flexibility index (Phi) is 2.38. The van der Waals surface area contributed by atoms with E-state index in [-0.39, 0.29) is 0 Å². The predicted molar refractivity (Wildman–Crippen MR) is 62.4 cm³/mol. The molecule has 1 fully saturated rings. The van der Waals surface area contributed by atoms with Gasteiger partial charge >= 0.3 is 0 Å². The number of nitrogens with zero attached hydrogens (tertiary/aromatic N) is 4. The van der Waals surface area contributed by atoms with Gasteiger partial charge in [-0.1, -0.05) is 0 Å². The summed E-state index contributed by atoms with van der Waals surface area (Å²) in [6.07, 6.45) is 3.60. The van der Waals surface area contributed by atoms with Gasteiger partial charge in [-0.25, -0.2) is 9.97 Å². The summed E-state index contributed by atoms with van der Waals surface area (Å²) in [5.41, 5.74) is 0.769. The van der Waals surface area contributed by atoms with Crippen LogP contribution in [0.15, 0.2) is 24.5 Å². The van der Waals surface area contributed by atoms with Gasteiger partial charge in [0.15, 0.2) is 5.65 Å². The largest absolute Gasteiger partial charge is 0.338 e. The highest BCUT2D eigenvalue weighted by molar-refractivity contribution is 5.74. The van der Waals surface area contributed by atoms with Crippen LogP contribution in [0.4, 0.5) is 5.95 Å². The summed E-state index contributed by atoms with van der Waals surface area (Å²) in [5, 5.41) is 4.30. The number of fused-ring (bicyclic) bond motifs is 1. The number of hydrogen-bond acceptors (Lipinski definition) is 5. The van der Waals surface area contributed by atoms with Gasteiger partial charge in [0, 0.05) is 44.0 Å². The van der Waals surface area contributed by atoms with Crippen LogP contribution in [0.3, 0.4) is 0 Å². The van der Waals surface area contributed by atoms with Crippen LogP contribution in [-0.4, -0.2) is 41.1 Å². The first-order valence-corrected chi connectivity index (χ1v) is 5.47. The van der Waals surface area contributed by atoms with Gasteiger partial charge in [-0.05, 0) is 12.1 Å². The SMILES string of the molecule is c1cnc2nc(N3CCNCC3)ncc2c1. The Morgan fingerprint density at radius 2 is 2.06 bits per heavy atom. The molecule has 82 valence electrons. The van der Waals surface area contributed by atoms with Crippen molar-refractivity contribution >= 4 is 17.0 Å². The van der Waals surface area contributed by atoms with Crippen LogP contribution in [0.5, 0.6) is 0 Å². The lowest BCUT2D eigenvalue weighted by molar-refractivity contribution is 0.580. The fourth-order valence-corrected chi connectivity index (χ4v) is 1.87. The molecule has 2 aromatic heterocycles. The van der Waals surface area contributed by atoms with Crippen LogP contribution in [0.1, 0.15) is 0 Å². The fourth-order valence-electron chi connectivity index (χ4n) is 1.87. The predicted octanol–water partition coefficient (Wildman–Crippen LogP) is 0.434. The van der Waals surface area contributed by atoms with E-state index in [2.05, 4.69) is 25.2 Å². The van der Waals surface area contributed by atoms with Crippen LogP contribution < -0.4 is 10.2 Å². The number of piperazine rings is 1. The number of aromatic nitrogens is 3. The molecule has 5 heteroatoms. The molecule has 2 aromatic rings. The maximum atomic E-state index is 4.47. The fraction of sp³-hybridized carbons (Fsp3) is 0.364. The van der Waals surface area contributed by atoms with E-state index in [1.54, 1.807) is 6.20 Å². The molecule has 1 aliphatic heterocycles. The first-order valence-electron chi connectivity index (χ1n) is 5.47. The molecule has 0 saturated carbocycles. The quantitative estimate of drug-likeness (QED) is 0.748. The minimum Gasteiger partial charge on any atom is -0.338 e. The number of nitrogens with one attached hydrogen (secondary N) is 1. The van der Waals surface area contributed by atoms with Gasteiger partial charge in [-0.2, -0.15) is 4.98 Å². The van der Waals surface area contributed by atoms with Crippen LogP contribution in [-0.2, 0) is 0 Å². The summed E-state index contributed by atoms with van der Waals surface area (Å²) < 4.78 is 0. The molecule has 3 heterocycles. The van der Waals surface area contributed by atoms with E-state index >= 15 is 0 Å². The summed E-state index contributed by atoms with van der Waals surface area (Å²) in [6, 6.07) is 3.88. The summed E-state index contributed by atoms with van der Waals surface area (Å²) in [5.74, 6) is 0.785. The zero-order chi connectivity index (χ0) is 10.8. The third-order valence-corrected chi connectivity index (χ3v) is 2.74. The van der Waals surface area contributed by atoms with E-state index in [0.29, 0.717) is 0 Å². The van der Waals surface area contributed by atoms with Crippen molar-refractivity contribution in [2.45, 2.75) is 0 Å². The number of pyridine rings is 1. The third-order valence-electron chi connectivity index (χ3n) is 2.74. The number of anilines is 1. The lowest BCUT2D eigenvalue weighted by Crippen LogP contribution is -2.44. The first kappa shape index (κ1) is 9.47. The van der Waals surface area contributed by atoms with E-state index in [0.717, 1.165) is 43.2 Å². The van der Waals surface area contributed by atoms with E-state index in [4.69, 9.17) is 0 Å². The van der Waals surface area contributed by atoms with Crippen molar-refractivity contribution in [2.24, 2.45) is 0 Å². The molecule has 0 unspecified atom stereocenters. The first-order chi connectivity index (χ1) is 7.93. The minimum atomic E-state index is 0.769. The molecule has 16 heavy (non-hydrogen) atoms. The van der Waals surface area contributed by atoms with E-state index < -0.39 is 0 Å². The Hall–Kier alpha value is -1.75. The molecule has 0 spiro atoms. The molecular weight excluding hydrogens is 202 g/mol. The van der Waals surface area contributed by atoms with Gasteiger partial charge in [0.25, 0.3) is 0 Å². The monoisotopic (exact) mass is 215 g/mol. The van der Waals surface area contributed by atoms with Crippen LogP contribution in [0.25, 0.3) is 11.0 Å². The molecular formula is C11H13N5. The third kappa shape index (κ3) is 1.69. The van der Waals surface area contributed by atoms with Gasteiger partial charge in [0.1, 0.15) is 0 Å². The van der Waals surface area contributed by atoms with Crippen molar-refractivity contribution in [3.05, 3.63) is 24.5 Å². The topological polar surface area (TPSA) is 53.9 Å². The summed E-state index contributed by atoms with van der Waals surface area (Å²) in [6.45, 7) is 3.89. The Morgan fingerprint density at radius 1 is 1.19 bits per heavy atom. The van der Waals surface area contributed by atoms with Gasteiger partial charge in [0.2, 0.25) is 5.95 Å². The van der Waals surface area contributed by atoms with Crippen LogP contribution in [0, 0.1) is 0 Å². The Balaban J connectivity index is 1.97. The van der Waals surface area contributed by atoms with Crippen molar-refractivity contribution in [1.29, 1.82) is 0 Å². The van der Waals surface area contributed by atoms with Gasteiger partial charge in [0.05, 0.1) is 0 Å². The second-order valence-electron chi connectivity index (χ2n) is 3.82. The maximum absolute atomic E-state index is 4.47. The molecule has 1 N–H and O–H groups in total. The Bertz CT molecular complexity index is 492. The Morgan fingerprint density at radius 3 is 2.94 bits per heavy atom. The molecule has 5 nitrogen and oxygen atoms in total. The number of hydrogen-bond donors (Lipinski definition) is 1. The molecule has 0 radical (unpaired) electrons. The Labute approximate surface area is 93.5 Å². The van der Waals surface area contributed by atoms with Gasteiger partial charge in [-0.3, -0.25) is 0 Å². The van der Waals surface area contributed by atoms with Crippen molar-refractivity contribution in [1.82, 2.24) is 20.3 Å². The van der Waals surface area contributed by atoms with Crippen molar-refractivity contribution in [3.8, 4) is 0 Å². The standard InChI is InChI=1S/C11H13N5/c1-2-9-8-14-11(15-10(9)13-3-1)16-6-4-12-5-7-16/h1-3,8,12H,4-7H2. The molecule has 0 bridgehead atoms. The highest BCUT2D eigenvalue weighted by atomic mass is 15.3. The second kappa shape index (κ2) is 4.02. The zero-order valence-corrected chi connectivity index (χ0v) is 8.93. The molecule has 0 amide bonds. The lowest BCUT2D eigenvalue weighted by Gasteiger charge is -2.27. The molecule has 0 aliphatic carbocycles. The average Bonchev–Trinajstić information content (AvgIpc) is 2.39. The van der Waals surface area contributed by atoms with Crippen molar-refractivity contribution in [2.75, 3.05) is 31.1 Å². The second-order valence-corrected chi connectivity index (χ2v) is 3.82. The van der Waals surface area contributed by atoms with Crippen LogP contribution in [0.2, 0.25) is 0 Å². The van der Waals surface area contributed by atoms with E-state index in [9.17, 15) is 0 Å². The number of rotatable bonds is 1. The summed E-state index contributed by atoms with van der Waals surface area (Å²) in [4.78, 5) is 15.3. The molecule has 1 aliphatic rings. The van der Waals surface area contributed by atoms with E-state index in [1.807, 2.05) is 18.3 Å². The molecule has 0 aromatic carbocycles. The highest BCUT2D eigenvalue weighted by Crippen LogP contribution is 2.12. The van der Waals surface area contributed by atoms with Crippen molar-refractivity contribution < 1.29 is 0 Å². The highest BCUT2D eigenvalue weighted by Gasteiger charge is 2.13. The molecule has 1 saturated heterocycles. The molecule has 3 rings (SSSR count).